The van der Waals surface area contributed by atoms with Crippen LogP contribution in [0, 0.1) is 11.3 Å². The van der Waals surface area contributed by atoms with Crippen LogP contribution in [-0.2, 0) is 9.53 Å². The maximum absolute atomic E-state index is 12.2. The zero-order chi connectivity index (χ0) is 26.4. The van der Waals surface area contributed by atoms with Crippen molar-refractivity contribution in [1.82, 2.24) is 29.7 Å². The van der Waals surface area contributed by atoms with Crippen molar-refractivity contribution in [2.45, 2.75) is 38.9 Å². The number of anilines is 2. The van der Waals surface area contributed by atoms with Gasteiger partial charge in [0, 0.05) is 37.9 Å². The summed E-state index contributed by atoms with van der Waals surface area (Å²) in [7, 11) is 0. The van der Waals surface area contributed by atoms with Crippen LogP contribution in [0.5, 0.6) is 0 Å². The molecule has 2 saturated heterocycles. The fraction of sp³-hybridized carbons (Fsp3) is 0.385. The minimum atomic E-state index is 0.0150. The van der Waals surface area contributed by atoms with E-state index in [-0.39, 0.29) is 24.0 Å². The van der Waals surface area contributed by atoms with Crippen LogP contribution in [0.4, 0.5) is 10.8 Å². The van der Waals surface area contributed by atoms with Crippen LogP contribution in [-0.4, -0.2) is 80.0 Å². The molecule has 0 spiro atoms. The van der Waals surface area contributed by atoms with Gasteiger partial charge in [-0.15, -0.1) is 10.2 Å². The number of nitriles is 1. The number of aromatic nitrogens is 5. The van der Waals surface area contributed by atoms with Crippen molar-refractivity contribution < 1.29 is 9.53 Å². The molecule has 12 heteroatoms. The number of morpholine rings is 1. The molecule has 194 valence electrons. The molecule has 2 bridgehead atoms. The van der Waals surface area contributed by atoms with E-state index in [1.54, 1.807) is 23.7 Å². The number of ether oxygens (including phenoxy) is 1. The zero-order valence-electron chi connectivity index (χ0n) is 21.3. The summed E-state index contributed by atoms with van der Waals surface area (Å²) in [5.41, 5.74) is 4.71. The van der Waals surface area contributed by atoms with Crippen molar-refractivity contribution in [1.29, 1.82) is 5.26 Å². The number of hydrogen-bond donors (Lipinski definition) is 1. The predicted molar refractivity (Wildman–Crippen MR) is 144 cm³/mol. The van der Waals surface area contributed by atoms with Crippen molar-refractivity contribution in [2.75, 3.05) is 36.5 Å². The van der Waals surface area contributed by atoms with Gasteiger partial charge in [0.05, 0.1) is 59.5 Å². The number of rotatable bonds is 5. The van der Waals surface area contributed by atoms with Gasteiger partial charge in [0.15, 0.2) is 5.01 Å². The molecule has 11 nitrogen and oxygen atoms in total. The van der Waals surface area contributed by atoms with Crippen molar-refractivity contribution in [3.8, 4) is 28.0 Å². The lowest BCUT2D eigenvalue weighted by Crippen LogP contribution is -2.65. The van der Waals surface area contributed by atoms with E-state index in [0.717, 1.165) is 38.3 Å². The molecule has 2 fully saturated rings. The first-order valence-electron chi connectivity index (χ1n) is 12.5. The number of carbonyl (C=O) groups excluding carboxylic acids is 1. The fourth-order valence-corrected chi connectivity index (χ4v) is 6.12. The van der Waals surface area contributed by atoms with E-state index in [2.05, 4.69) is 45.4 Å². The number of nitrogens with zero attached hydrogens (tertiary/aromatic N) is 8. The number of hydrogen-bond acceptors (Lipinski definition) is 10. The molecular weight excluding hydrogens is 502 g/mol. The van der Waals surface area contributed by atoms with Crippen molar-refractivity contribution in [3.63, 3.8) is 0 Å². The average Bonchev–Trinajstić information content (AvgIpc) is 3.55. The Hall–Kier alpha value is -4.08. The van der Waals surface area contributed by atoms with Gasteiger partial charge in [0.2, 0.25) is 11.0 Å². The summed E-state index contributed by atoms with van der Waals surface area (Å²) in [6.07, 6.45) is 3.38. The molecule has 4 aromatic heterocycles. The molecule has 1 amide bonds. The molecule has 6 heterocycles. The predicted octanol–water partition coefficient (Wildman–Crippen LogP) is 3.04. The molecule has 0 saturated carbocycles. The molecule has 4 aromatic rings. The summed E-state index contributed by atoms with van der Waals surface area (Å²) in [4.78, 5) is 21.1. The van der Waals surface area contributed by atoms with Crippen LogP contribution in [0.25, 0.3) is 27.5 Å². The van der Waals surface area contributed by atoms with Crippen LogP contribution >= 0.6 is 11.3 Å². The number of amides is 1. The Bertz CT molecular complexity index is 1540. The monoisotopic (exact) mass is 529 g/mol. The third-order valence-corrected chi connectivity index (χ3v) is 7.81. The molecule has 38 heavy (non-hydrogen) atoms. The van der Waals surface area contributed by atoms with E-state index in [1.807, 2.05) is 29.3 Å². The van der Waals surface area contributed by atoms with E-state index in [4.69, 9.17) is 9.72 Å². The summed E-state index contributed by atoms with van der Waals surface area (Å²) in [6.45, 7) is 8.20. The van der Waals surface area contributed by atoms with E-state index in [0.29, 0.717) is 31.9 Å². The smallest absolute Gasteiger partial charge is 0.220 e. The molecule has 2 aliphatic rings. The molecule has 2 aliphatic heterocycles. The maximum atomic E-state index is 12.2. The van der Waals surface area contributed by atoms with Gasteiger partial charge < -0.3 is 19.9 Å². The minimum absolute atomic E-state index is 0.0150. The fourth-order valence-electron chi connectivity index (χ4n) is 5.24. The first-order chi connectivity index (χ1) is 18.4. The molecule has 0 aliphatic carbocycles. The van der Waals surface area contributed by atoms with Crippen molar-refractivity contribution in [3.05, 3.63) is 42.2 Å². The Morgan fingerprint density at radius 2 is 1.97 bits per heavy atom. The number of carbonyl (C=O) groups is 1. The zero-order valence-corrected chi connectivity index (χ0v) is 22.1. The second-order valence-electron chi connectivity index (χ2n) is 9.89. The second kappa shape index (κ2) is 9.66. The molecule has 6 rings (SSSR count). The maximum Gasteiger partial charge on any atom is 0.220 e. The quantitative estimate of drug-likeness (QED) is 0.415. The van der Waals surface area contributed by atoms with E-state index in [9.17, 15) is 10.1 Å². The van der Waals surface area contributed by atoms with Gasteiger partial charge in [-0.1, -0.05) is 11.3 Å². The first-order valence-corrected chi connectivity index (χ1v) is 13.3. The highest BCUT2D eigenvalue weighted by Crippen LogP contribution is 2.37. The molecular formula is C26H27N9O2S. The van der Waals surface area contributed by atoms with Gasteiger partial charge in [-0.25, -0.2) is 4.52 Å². The molecule has 2 atom stereocenters. The lowest BCUT2D eigenvalue weighted by atomic mass is 10.0. The summed E-state index contributed by atoms with van der Waals surface area (Å²) in [6, 6.07) is 10.0. The van der Waals surface area contributed by atoms with E-state index < -0.39 is 0 Å². The van der Waals surface area contributed by atoms with Gasteiger partial charge in [0.25, 0.3) is 0 Å². The Morgan fingerprint density at radius 3 is 2.68 bits per heavy atom. The van der Waals surface area contributed by atoms with Gasteiger partial charge in [-0.2, -0.15) is 10.4 Å². The van der Waals surface area contributed by atoms with Crippen molar-refractivity contribution >= 4 is 33.6 Å². The van der Waals surface area contributed by atoms with Gasteiger partial charge in [-0.05, 0) is 38.1 Å². The Labute approximate surface area is 223 Å². The van der Waals surface area contributed by atoms with Gasteiger partial charge in [-0.3, -0.25) is 9.78 Å². The Balaban J connectivity index is 1.32. The number of nitrogens with one attached hydrogen (secondary N) is 1. The third kappa shape index (κ3) is 4.33. The minimum Gasteiger partial charge on any atom is -0.382 e. The van der Waals surface area contributed by atoms with Crippen LogP contribution in [0.3, 0.4) is 0 Å². The summed E-state index contributed by atoms with van der Waals surface area (Å²) in [5.74, 6) is 0.0907. The number of pyridine rings is 1. The Morgan fingerprint density at radius 1 is 1.18 bits per heavy atom. The largest absolute Gasteiger partial charge is 0.382 e. The standard InChI is InChI=1S/C26H27N9O2S/c1-15(2)30-22-7-23(24-5-4-18-6-17(8-27)9-29-35(18)24)28-10-21(22)25-31-32-26(38-25)33-11-19-13-37-14-20(12-33)34(19)16(3)36/h4-7,9-10,15,19-20H,11-14H2,1-3H3,(H,28,30)/t19-,20+. The lowest BCUT2D eigenvalue weighted by Gasteiger charge is -2.49. The van der Waals surface area contributed by atoms with Crippen molar-refractivity contribution in [2.24, 2.45) is 0 Å². The van der Waals surface area contributed by atoms with E-state index in [1.165, 1.54) is 11.3 Å². The molecule has 1 N–H and O–H groups in total. The van der Waals surface area contributed by atoms with Crippen LogP contribution < -0.4 is 10.2 Å². The van der Waals surface area contributed by atoms with Gasteiger partial charge >= 0.3 is 0 Å². The third-order valence-electron chi connectivity index (χ3n) is 6.79. The molecule has 0 unspecified atom stereocenters. The highest BCUT2D eigenvalue weighted by atomic mass is 32.1. The van der Waals surface area contributed by atoms with Gasteiger partial charge in [0.1, 0.15) is 6.07 Å². The number of piperazine rings is 1. The lowest BCUT2D eigenvalue weighted by molar-refractivity contribution is -0.144. The van der Waals surface area contributed by atoms with Crippen LogP contribution in [0.1, 0.15) is 26.3 Å². The highest BCUT2D eigenvalue weighted by Gasteiger charge is 2.40. The first kappa shape index (κ1) is 24.3. The van der Waals surface area contributed by atoms with E-state index >= 15 is 0 Å². The summed E-state index contributed by atoms with van der Waals surface area (Å²) < 4.78 is 7.50. The second-order valence-corrected chi connectivity index (χ2v) is 10.8. The summed E-state index contributed by atoms with van der Waals surface area (Å²) >= 11 is 1.52. The van der Waals surface area contributed by atoms with Crippen LogP contribution in [0.2, 0.25) is 0 Å². The average molecular weight is 530 g/mol. The molecule has 0 aromatic carbocycles. The molecule has 0 radical (unpaired) electrons. The van der Waals surface area contributed by atoms with Crippen LogP contribution in [0.15, 0.2) is 36.7 Å². The number of fused-ring (bicyclic) bond motifs is 3. The summed E-state index contributed by atoms with van der Waals surface area (Å²) in [5, 5.41) is 27.8. The topological polar surface area (TPSA) is 125 Å². The Kier molecular flexibility index (Phi) is 6.17. The normalized spacial score (nSPS) is 19.1. The SMILES string of the molecule is CC(=O)N1[C@@H]2COC[C@H]1CN(c1nnc(-c3cnc(-c4ccc5cc(C#N)cnn45)cc3NC(C)C)s1)C2. The highest BCUT2D eigenvalue weighted by molar-refractivity contribution is 7.18.